The van der Waals surface area contributed by atoms with Crippen LogP contribution in [0.3, 0.4) is 0 Å². The third-order valence-corrected chi connectivity index (χ3v) is 6.35. The summed E-state index contributed by atoms with van der Waals surface area (Å²) in [6, 6.07) is 6.52. The third-order valence-electron chi connectivity index (χ3n) is 4.89. The van der Waals surface area contributed by atoms with E-state index in [1.54, 1.807) is 28.8 Å². The Kier molecular flexibility index (Phi) is 4.95. The summed E-state index contributed by atoms with van der Waals surface area (Å²) in [5, 5.41) is 11.5. The lowest BCUT2D eigenvalue weighted by Gasteiger charge is -2.36. The van der Waals surface area contributed by atoms with Gasteiger partial charge in [0, 0.05) is 11.3 Å². The van der Waals surface area contributed by atoms with E-state index < -0.39 is 12.0 Å². The van der Waals surface area contributed by atoms with Crippen molar-refractivity contribution < 1.29 is 14.7 Å². The predicted octanol–water partition coefficient (Wildman–Crippen LogP) is 2.21. The number of carboxylic acid groups (broad SMARTS) is 1. The Morgan fingerprint density at radius 3 is 2.39 bits per heavy atom. The number of aryl methyl sites for hydroxylation is 1. The first-order chi connectivity index (χ1) is 11.1. The van der Waals surface area contributed by atoms with E-state index in [1.165, 1.54) is 19.3 Å². The van der Waals surface area contributed by atoms with Crippen LogP contribution in [0.2, 0.25) is 0 Å². The zero-order valence-corrected chi connectivity index (χ0v) is 14.2. The molecular weight excluding hydrogens is 310 g/mol. The Bertz CT molecular complexity index is 580. The standard InChI is InChI=1S/C18H23NO3S/c1-12-7-9-13(10-8-12)16(20)19-15(18(21)22)11-23-17(19)14-5-3-2-4-6-14/h7-10,14-15,17H,2-6,11H2,1H3,(H,21,22)/p-1/t15-,17+/m1/s1. The molecule has 1 saturated carbocycles. The van der Waals surface area contributed by atoms with Crippen LogP contribution in [-0.2, 0) is 4.79 Å². The highest BCUT2D eigenvalue weighted by molar-refractivity contribution is 8.00. The molecule has 1 saturated heterocycles. The van der Waals surface area contributed by atoms with Gasteiger partial charge in [0.1, 0.15) is 0 Å². The highest BCUT2D eigenvalue weighted by Crippen LogP contribution is 2.41. The topological polar surface area (TPSA) is 60.4 Å². The van der Waals surface area contributed by atoms with E-state index in [9.17, 15) is 14.7 Å². The van der Waals surface area contributed by atoms with E-state index in [2.05, 4.69) is 0 Å². The van der Waals surface area contributed by atoms with Crippen molar-refractivity contribution in [2.24, 2.45) is 5.92 Å². The summed E-state index contributed by atoms with van der Waals surface area (Å²) >= 11 is 1.60. The highest BCUT2D eigenvalue weighted by atomic mass is 32.2. The predicted molar refractivity (Wildman–Crippen MR) is 89.0 cm³/mol. The van der Waals surface area contributed by atoms with Crippen molar-refractivity contribution in [2.45, 2.75) is 50.4 Å². The number of carbonyl (C=O) groups excluding carboxylic acids is 2. The maximum absolute atomic E-state index is 12.9. The first-order valence-electron chi connectivity index (χ1n) is 8.29. The van der Waals surface area contributed by atoms with Gasteiger partial charge < -0.3 is 14.8 Å². The van der Waals surface area contributed by atoms with Gasteiger partial charge in [0.05, 0.1) is 17.4 Å². The fourth-order valence-electron chi connectivity index (χ4n) is 3.59. The summed E-state index contributed by atoms with van der Waals surface area (Å²) < 4.78 is 0. The molecule has 3 rings (SSSR count). The van der Waals surface area contributed by atoms with Crippen molar-refractivity contribution in [3.63, 3.8) is 0 Å². The van der Waals surface area contributed by atoms with Crippen LogP contribution in [-0.4, -0.2) is 33.9 Å². The van der Waals surface area contributed by atoms with E-state index in [4.69, 9.17) is 0 Å². The molecule has 1 amide bonds. The number of carboxylic acids is 1. The monoisotopic (exact) mass is 332 g/mol. The van der Waals surface area contributed by atoms with Crippen molar-refractivity contribution in [2.75, 3.05) is 5.75 Å². The second kappa shape index (κ2) is 6.95. The van der Waals surface area contributed by atoms with Gasteiger partial charge in [-0.1, -0.05) is 37.0 Å². The first-order valence-corrected chi connectivity index (χ1v) is 9.34. The number of aliphatic carboxylic acids is 1. The second-order valence-electron chi connectivity index (χ2n) is 6.54. The molecule has 1 aliphatic carbocycles. The molecule has 1 aliphatic heterocycles. The van der Waals surface area contributed by atoms with Crippen LogP contribution in [0.5, 0.6) is 0 Å². The highest BCUT2D eigenvalue weighted by Gasteiger charge is 2.42. The Balaban J connectivity index is 1.87. The maximum Gasteiger partial charge on any atom is 0.255 e. The quantitative estimate of drug-likeness (QED) is 0.851. The molecule has 2 aliphatic rings. The van der Waals surface area contributed by atoms with Gasteiger partial charge >= 0.3 is 0 Å². The molecule has 4 nitrogen and oxygen atoms in total. The number of thioether (sulfide) groups is 1. The summed E-state index contributed by atoms with van der Waals surface area (Å²) in [6.07, 6.45) is 5.74. The minimum absolute atomic E-state index is 0.0352. The molecule has 0 spiro atoms. The summed E-state index contributed by atoms with van der Waals surface area (Å²) in [5.41, 5.74) is 1.64. The fourth-order valence-corrected chi connectivity index (χ4v) is 5.22. The first kappa shape index (κ1) is 16.4. The number of amides is 1. The van der Waals surface area contributed by atoms with E-state index in [0.717, 1.165) is 18.4 Å². The summed E-state index contributed by atoms with van der Waals surface area (Å²) in [7, 11) is 0. The number of benzene rings is 1. The maximum atomic E-state index is 12.9. The van der Waals surface area contributed by atoms with E-state index in [-0.39, 0.29) is 11.3 Å². The van der Waals surface area contributed by atoms with Crippen molar-refractivity contribution >= 4 is 23.6 Å². The van der Waals surface area contributed by atoms with Crippen LogP contribution in [0.25, 0.3) is 0 Å². The Morgan fingerprint density at radius 2 is 1.78 bits per heavy atom. The van der Waals surface area contributed by atoms with E-state index in [1.807, 2.05) is 19.1 Å². The second-order valence-corrected chi connectivity index (χ2v) is 7.68. The van der Waals surface area contributed by atoms with Crippen LogP contribution in [0.1, 0.15) is 48.0 Å². The fraction of sp³-hybridized carbons (Fsp3) is 0.556. The summed E-state index contributed by atoms with van der Waals surface area (Å²) in [6.45, 7) is 1.97. The number of carbonyl (C=O) groups is 2. The van der Waals surface area contributed by atoms with Crippen molar-refractivity contribution in [3.05, 3.63) is 35.4 Å². The molecule has 1 aromatic carbocycles. The molecule has 1 heterocycles. The Morgan fingerprint density at radius 1 is 1.13 bits per heavy atom. The molecule has 0 aromatic heterocycles. The number of nitrogens with zero attached hydrogens (tertiary/aromatic N) is 1. The molecule has 124 valence electrons. The van der Waals surface area contributed by atoms with Crippen molar-refractivity contribution in [1.82, 2.24) is 4.90 Å². The summed E-state index contributed by atoms with van der Waals surface area (Å²) in [5.74, 6) is -0.496. The van der Waals surface area contributed by atoms with Gasteiger partial charge in [-0.3, -0.25) is 4.79 Å². The van der Waals surface area contributed by atoms with Crippen LogP contribution in [0.15, 0.2) is 24.3 Å². The van der Waals surface area contributed by atoms with Crippen LogP contribution >= 0.6 is 11.8 Å². The van der Waals surface area contributed by atoms with Gasteiger partial charge in [-0.25, -0.2) is 0 Å². The zero-order chi connectivity index (χ0) is 16.4. The smallest absolute Gasteiger partial charge is 0.255 e. The molecular formula is C18H22NO3S-. The molecule has 1 aromatic rings. The minimum Gasteiger partial charge on any atom is -0.548 e. The average molecular weight is 332 g/mol. The largest absolute Gasteiger partial charge is 0.548 e. The molecule has 2 fully saturated rings. The molecule has 0 N–H and O–H groups in total. The SMILES string of the molecule is Cc1ccc(C(=O)N2[C@@H](C(=O)[O-])CS[C@H]2C2CCCCC2)cc1. The number of rotatable bonds is 3. The van der Waals surface area contributed by atoms with Crippen molar-refractivity contribution in [3.8, 4) is 0 Å². The van der Waals surface area contributed by atoms with Gasteiger partial charge in [-0.15, -0.1) is 11.8 Å². The van der Waals surface area contributed by atoms with Gasteiger partial charge in [0.2, 0.25) is 0 Å². The van der Waals surface area contributed by atoms with Crippen LogP contribution < -0.4 is 5.11 Å². The number of hydrogen-bond donors (Lipinski definition) is 0. The molecule has 23 heavy (non-hydrogen) atoms. The van der Waals surface area contributed by atoms with Gasteiger partial charge in [-0.2, -0.15) is 0 Å². The zero-order valence-electron chi connectivity index (χ0n) is 13.4. The van der Waals surface area contributed by atoms with Gasteiger partial charge in [0.15, 0.2) is 0 Å². The lowest BCUT2D eigenvalue weighted by molar-refractivity contribution is -0.310. The summed E-state index contributed by atoms with van der Waals surface area (Å²) in [4.78, 5) is 26.0. The van der Waals surface area contributed by atoms with Gasteiger partial charge in [-0.05, 0) is 37.8 Å². The molecule has 0 bridgehead atoms. The molecule has 5 heteroatoms. The van der Waals surface area contributed by atoms with Gasteiger partial charge in [0.25, 0.3) is 5.91 Å². The average Bonchev–Trinajstić information content (AvgIpc) is 3.01. The van der Waals surface area contributed by atoms with Crippen molar-refractivity contribution in [1.29, 1.82) is 0 Å². The molecule has 0 unspecified atom stereocenters. The third kappa shape index (κ3) is 3.39. The van der Waals surface area contributed by atoms with Crippen LogP contribution in [0, 0.1) is 12.8 Å². The van der Waals surface area contributed by atoms with E-state index >= 15 is 0 Å². The Hall–Kier alpha value is -1.49. The molecule has 0 radical (unpaired) electrons. The lowest BCUT2D eigenvalue weighted by Crippen LogP contribution is -2.52. The Labute approximate surface area is 141 Å². The lowest BCUT2D eigenvalue weighted by atomic mass is 9.88. The number of hydrogen-bond acceptors (Lipinski definition) is 4. The van der Waals surface area contributed by atoms with Crippen LogP contribution in [0.4, 0.5) is 0 Å². The van der Waals surface area contributed by atoms with E-state index in [0.29, 0.717) is 17.2 Å². The normalized spacial score (nSPS) is 25.5. The molecule has 2 atom stereocenters. The minimum atomic E-state index is -1.14.